The first-order valence-electron chi connectivity index (χ1n) is 27.2. The Bertz CT molecular complexity index is 2670. The van der Waals surface area contributed by atoms with Crippen molar-refractivity contribution in [1.82, 2.24) is 36.0 Å². The van der Waals surface area contributed by atoms with Gasteiger partial charge in [-0.15, -0.1) is 0 Å². The second kappa shape index (κ2) is 24.3. The number of benzene rings is 3. The van der Waals surface area contributed by atoms with Crippen LogP contribution in [0.4, 0.5) is 4.79 Å². The van der Waals surface area contributed by atoms with E-state index in [9.17, 15) is 33.9 Å². The lowest BCUT2D eigenvalue weighted by Gasteiger charge is -2.41. The van der Waals surface area contributed by atoms with E-state index >= 15 is 9.59 Å². The van der Waals surface area contributed by atoms with Crippen molar-refractivity contribution in [2.24, 2.45) is 16.7 Å². The maximum Gasteiger partial charge on any atom is 0.410 e. The van der Waals surface area contributed by atoms with Crippen molar-refractivity contribution in [3.63, 3.8) is 0 Å². The monoisotopic (exact) mass is 1060 g/mol. The van der Waals surface area contributed by atoms with E-state index < -0.39 is 100 Å². The molecule has 0 radical (unpaired) electrons. The zero-order valence-electron chi connectivity index (χ0n) is 47.5. The van der Waals surface area contributed by atoms with Gasteiger partial charge in [0.25, 0.3) is 0 Å². The molecule has 3 aromatic carbocycles. The average molecular weight is 1060 g/mol. The molecule has 2 heterocycles. The van der Waals surface area contributed by atoms with Crippen LogP contribution in [0.15, 0.2) is 72.8 Å². The van der Waals surface area contributed by atoms with E-state index in [2.05, 4.69) is 27.3 Å². The number of hydrogen-bond donors (Lipinski definition) is 5. The number of aliphatic carboxylic acids is 1. The van der Waals surface area contributed by atoms with Crippen molar-refractivity contribution < 1.29 is 48.2 Å². The largest absolute Gasteiger partial charge is 0.480 e. The molecule has 418 valence electrons. The summed E-state index contributed by atoms with van der Waals surface area (Å²) >= 11 is 0. The van der Waals surface area contributed by atoms with Gasteiger partial charge in [-0.05, 0) is 104 Å². The second-order valence-electron chi connectivity index (χ2n) is 24.6. The van der Waals surface area contributed by atoms with Crippen LogP contribution in [-0.2, 0) is 64.1 Å². The van der Waals surface area contributed by atoms with Gasteiger partial charge in [0, 0.05) is 44.8 Å². The van der Waals surface area contributed by atoms with Crippen molar-refractivity contribution in [3.05, 3.63) is 106 Å². The molecule has 1 aliphatic carbocycles. The van der Waals surface area contributed by atoms with Gasteiger partial charge in [-0.2, -0.15) is 0 Å². The van der Waals surface area contributed by atoms with Gasteiger partial charge in [-0.1, -0.05) is 128 Å². The van der Waals surface area contributed by atoms with E-state index in [-0.39, 0.29) is 50.2 Å². The topological polar surface area (TPSA) is 224 Å². The standard InChI is InChI=1S/C60H83N7O10/c1-14-35(2)50(68)63-48(58(4,5)6)54(72)66-33-41-30-39(27-28-40(41)31-46(66)53(71)62-45(56(74)75)29-37-21-16-15-17-22-37)42-32-47(52(70)61-44-26-20-24-38-23-18-19-25-43(38)44)67(34-42)55(73)49(59(7,8)9)64-51(69)36(3)65(13)57(76)77-60(10,11)12/h15-19,21-23,25,27-28,30,35-36,42,44-49H,14,20,24,26,29,31-34H2,1-13H3,(H,61,70)(H,62,71)(H,63,68)(H,64,69)(H,74,75)/t35-,36+,42+,44?,45?,46+,47+,48-,49-/m1/s1. The van der Waals surface area contributed by atoms with Crippen LogP contribution in [0, 0.1) is 16.7 Å². The summed E-state index contributed by atoms with van der Waals surface area (Å²) in [5.41, 5.74) is 2.69. The van der Waals surface area contributed by atoms with E-state index in [1.165, 1.54) is 16.8 Å². The average Bonchev–Trinajstić information content (AvgIpc) is 3.83. The lowest BCUT2D eigenvalue weighted by atomic mass is 9.83. The molecule has 17 heteroatoms. The number of likely N-dealkylation sites (N-methyl/N-ethyl adjacent to an activating group) is 1. The normalized spacial score (nSPS) is 20.4. The summed E-state index contributed by atoms with van der Waals surface area (Å²) in [6, 6.07) is 15.9. The Morgan fingerprint density at radius 2 is 1.34 bits per heavy atom. The minimum absolute atomic E-state index is 0.0133. The lowest BCUT2D eigenvalue weighted by molar-refractivity contribution is -0.149. The summed E-state index contributed by atoms with van der Waals surface area (Å²) in [4.78, 5) is 117. The van der Waals surface area contributed by atoms with Gasteiger partial charge in [-0.3, -0.25) is 33.7 Å². The van der Waals surface area contributed by atoms with Crippen LogP contribution in [-0.4, -0.2) is 123 Å². The minimum Gasteiger partial charge on any atom is -0.480 e. The Hall–Kier alpha value is -6.78. The SMILES string of the molecule is CC[C@@H](C)C(=O)N[C@H](C(=O)N1Cc2cc([C@H]3C[C@@H](C(=O)NC4CCCc5ccccc54)N(C(=O)[C@@H](NC(=O)[C@H](C)N(C)C(=O)OC(C)(C)C)C(C)(C)C)C3)ccc2C[C@H]1C(=O)NC(Cc1ccccc1)C(=O)O)C(C)(C)C. The van der Waals surface area contributed by atoms with Crippen LogP contribution in [0.3, 0.4) is 0 Å². The molecule has 0 saturated carbocycles. The highest BCUT2D eigenvalue weighted by Gasteiger charge is 2.48. The quantitative estimate of drug-likeness (QED) is 0.0989. The number of carboxylic acids is 1. The van der Waals surface area contributed by atoms with Crippen LogP contribution in [0.25, 0.3) is 0 Å². The number of amides is 7. The van der Waals surface area contributed by atoms with Crippen molar-refractivity contribution in [1.29, 1.82) is 0 Å². The third kappa shape index (κ3) is 14.6. The van der Waals surface area contributed by atoms with Gasteiger partial charge in [0.05, 0.1) is 6.04 Å². The fraction of sp³-hybridized carbons (Fsp3) is 0.567. The molecule has 0 spiro atoms. The van der Waals surface area contributed by atoms with Gasteiger partial charge in [0.15, 0.2) is 0 Å². The summed E-state index contributed by atoms with van der Waals surface area (Å²) < 4.78 is 5.52. The zero-order valence-corrected chi connectivity index (χ0v) is 47.5. The van der Waals surface area contributed by atoms with Gasteiger partial charge < -0.3 is 40.9 Å². The van der Waals surface area contributed by atoms with E-state index in [0.29, 0.717) is 17.5 Å². The fourth-order valence-corrected chi connectivity index (χ4v) is 10.4. The molecule has 0 bridgehead atoms. The molecule has 5 N–H and O–H groups in total. The number of carboxylic acid groups (broad SMARTS) is 1. The number of fused-ring (bicyclic) bond motifs is 2. The number of nitrogens with zero attached hydrogens (tertiary/aromatic N) is 3. The van der Waals surface area contributed by atoms with Crippen LogP contribution < -0.4 is 21.3 Å². The van der Waals surface area contributed by atoms with Crippen LogP contribution in [0.5, 0.6) is 0 Å². The van der Waals surface area contributed by atoms with Crippen molar-refractivity contribution in [2.75, 3.05) is 13.6 Å². The summed E-state index contributed by atoms with van der Waals surface area (Å²) in [5, 5.41) is 22.3. The number of rotatable bonds is 16. The van der Waals surface area contributed by atoms with Crippen molar-refractivity contribution in [3.8, 4) is 0 Å². The van der Waals surface area contributed by atoms with Gasteiger partial charge >= 0.3 is 12.1 Å². The van der Waals surface area contributed by atoms with E-state index in [1.54, 1.807) is 63.8 Å². The van der Waals surface area contributed by atoms with Crippen molar-refractivity contribution >= 4 is 47.5 Å². The molecule has 6 rings (SSSR count). The molecule has 2 aliphatic heterocycles. The van der Waals surface area contributed by atoms with Gasteiger partial charge in [0.1, 0.15) is 41.9 Å². The van der Waals surface area contributed by atoms with E-state index in [0.717, 1.165) is 41.5 Å². The van der Waals surface area contributed by atoms with E-state index in [4.69, 9.17) is 4.74 Å². The lowest BCUT2D eigenvalue weighted by Crippen LogP contribution is -2.62. The number of carbonyl (C=O) groups excluding carboxylic acids is 7. The summed E-state index contributed by atoms with van der Waals surface area (Å²) in [5.74, 6) is -4.85. The molecule has 9 atom stereocenters. The molecule has 2 unspecified atom stereocenters. The third-order valence-corrected chi connectivity index (χ3v) is 15.4. The summed E-state index contributed by atoms with van der Waals surface area (Å²) in [6.07, 6.45) is 2.60. The first kappa shape index (κ1) is 59.5. The first-order valence-corrected chi connectivity index (χ1v) is 27.2. The maximum atomic E-state index is 15.3. The first-order chi connectivity index (χ1) is 36.0. The Morgan fingerprint density at radius 1 is 0.727 bits per heavy atom. The molecule has 77 heavy (non-hydrogen) atoms. The molecule has 0 aromatic heterocycles. The number of nitrogens with one attached hydrogen (secondary N) is 4. The Balaban J connectivity index is 1.36. The molecule has 1 fully saturated rings. The maximum absolute atomic E-state index is 15.3. The minimum atomic E-state index is -1.30. The number of likely N-dealkylation sites (tertiary alicyclic amines) is 1. The highest BCUT2D eigenvalue weighted by molar-refractivity contribution is 5.96. The zero-order chi connectivity index (χ0) is 56.9. The van der Waals surface area contributed by atoms with Crippen LogP contribution in [0.1, 0.15) is 154 Å². The molecule has 1 saturated heterocycles. The Kier molecular flexibility index (Phi) is 18.7. The molecular formula is C60H83N7O10. The molecular weight excluding hydrogens is 979 g/mol. The number of aryl methyl sites for hydroxylation is 1. The molecule has 7 amide bonds. The van der Waals surface area contributed by atoms with E-state index in [1.807, 2.05) is 90.9 Å². The second-order valence-corrected chi connectivity index (χ2v) is 24.6. The third-order valence-electron chi connectivity index (χ3n) is 15.4. The molecule has 17 nitrogen and oxygen atoms in total. The predicted molar refractivity (Wildman–Crippen MR) is 293 cm³/mol. The predicted octanol–water partition coefficient (Wildman–Crippen LogP) is 6.99. The van der Waals surface area contributed by atoms with Crippen LogP contribution >= 0.6 is 0 Å². The smallest absolute Gasteiger partial charge is 0.410 e. The van der Waals surface area contributed by atoms with Crippen LogP contribution in [0.2, 0.25) is 0 Å². The molecule has 3 aliphatic rings. The Labute approximate surface area is 455 Å². The van der Waals surface area contributed by atoms with Gasteiger partial charge in [0.2, 0.25) is 35.4 Å². The highest BCUT2D eigenvalue weighted by Crippen LogP contribution is 2.38. The summed E-state index contributed by atoms with van der Waals surface area (Å²) in [6.45, 7) is 21.4. The highest BCUT2D eigenvalue weighted by atomic mass is 16.6. The Morgan fingerprint density at radius 3 is 1.95 bits per heavy atom. The van der Waals surface area contributed by atoms with Gasteiger partial charge in [-0.25, -0.2) is 9.59 Å². The summed E-state index contributed by atoms with van der Waals surface area (Å²) in [7, 11) is 1.46. The van der Waals surface area contributed by atoms with Crippen molar-refractivity contribution in [2.45, 2.75) is 188 Å². The number of carbonyl (C=O) groups is 8. The number of ether oxygens (including phenoxy) is 1. The number of hydrogen-bond acceptors (Lipinski definition) is 9. The fourth-order valence-electron chi connectivity index (χ4n) is 10.4. The molecule has 3 aromatic rings.